The SMILES string of the molecule is C=CCN([C@H](C(=O)OC)[C@@H](C)CC)S(=O)(=O)c1ccc([N+](=O)[O-])cc1. The van der Waals surface area contributed by atoms with Crippen LogP contribution in [-0.2, 0) is 19.6 Å². The summed E-state index contributed by atoms with van der Waals surface area (Å²) in [5.74, 6) is -0.957. The molecule has 0 unspecified atom stereocenters. The Morgan fingerprint density at radius 1 is 1.40 bits per heavy atom. The number of carbonyl (C=O) groups excluding carboxylic acids is 1. The van der Waals surface area contributed by atoms with Gasteiger partial charge in [0.25, 0.3) is 5.69 Å². The van der Waals surface area contributed by atoms with Crippen molar-refractivity contribution < 1.29 is 22.9 Å². The summed E-state index contributed by atoms with van der Waals surface area (Å²) in [4.78, 5) is 22.2. The lowest BCUT2D eigenvalue weighted by Gasteiger charge is -2.31. The molecule has 25 heavy (non-hydrogen) atoms. The number of sulfonamides is 1. The lowest BCUT2D eigenvalue weighted by Crippen LogP contribution is -2.49. The molecule has 1 aromatic carbocycles. The second-order valence-corrected chi connectivity index (χ2v) is 7.36. The minimum Gasteiger partial charge on any atom is -0.468 e. The molecule has 1 aromatic rings. The Hall–Kier alpha value is -2.26. The van der Waals surface area contributed by atoms with Gasteiger partial charge in [0.2, 0.25) is 10.0 Å². The van der Waals surface area contributed by atoms with E-state index in [2.05, 4.69) is 6.58 Å². The third-order valence-corrected chi connectivity index (χ3v) is 5.76. The van der Waals surface area contributed by atoms with E-state index in [4.69, 9.17) is 4.74 Å². The first-order valence-electron chi connectivity index (χ1n) is 7.65. The molecule has 0 amide bonds. The molecule has 2 atom stereocenters. The number of hydrogen-bond donors (Lipinski definition) is 0. The van der Waals surface area contributed by atoms with Crippen LogP contribution in [0.15, 0.2) is 41.8 Å². The van der Waals surface area contributed by atoms with E-state index in [1.165, 1.54) is 13.2 Å². The molecule has 0 aliphatic rings. The van der Waals surface area contributed by atoms with Crippen molar-refractivity contribution in [2.75, 3.05) is 13.7 Å². The zero-order chi connectivity index (χ0) is 19.2. The van der Waals surface area contributed by atoms with Crippen molar-refractivity contribution in [1.29, 1.82) is 0 Å². The van der Waals surface area contributed by atoms with Crippen LogP contribution in [0.3, 0.4) is 0 Å². The summed E-state index contributed by atoms with van der Waals surface area (Å²) in [5, 5.41) is 10.7. The van der Waals surface area contributed by atoms with E-state index in [-0.39, 0.29) is 23.0 Å². The molecule has 0 heterocycles. The maximum atomic E-state index is 13.0. The number of non-ortho nitro benzene ring substituents is 1. The first-order chi connectivity index (χ1) is 11.7. The highest BCUT2D eigenvalue weighted by Crippen LogP contribution is 2.25. The van der Waals surface area contributed by atoms with Crippen LogP contribution < -0.4 is 0 Å². The molecule has 0 spiro atoms. The summed E-state index contributed by atoms with van der Waals surface area (Å²) >= 11 is 0. The lowest BCUT2D eigenvalue weighted by molar-refractivity contribution is -0.384. The van der Waals surface area contributed by atoms with Crippen molar-refractivity contribution in [3.05, 3.63) is 47.0 Å². The van der Waals surface area contributed by atoms with Gasteiger partial charge in [0.05, 0.1) is 16.9 Å². The number of hydrogen-bond acceptors (Lipinski definition) is 6. The van der Waals surface area contributed by atoms with Crippen molar-refractivity contribution in [2.24, 2.45) is 5.92 Å². The van der Waals surface area contributed by atoms with Gasteiger partial charge in [0, 0.05) is 18.7 Å². The Kier molecular flexibility index (Phi) is 7.25. The highest BCUT2D eigenvalue weighted by molar-refractivity contribution is 7.89. The van der Waals surface area contributed by atoms with E-state index >= 15 is 0 Å². The first kappa shape index (κ1) is 20.8. The minimum absolute atomic E-state index is 0.0938. The fraction of sp³-hybridized carbons (Fsp3) is 0.438. The Morgan fingerprint density at radius 2 is 1.96 bits per heavy atom. The standard InChI is InChI=1S/C16H22N2O6S/c1-5-11-17(15(12(3)6-2)16(19)24-4)25(22,23)14-9-7-13(8-10-14)18(20)21/h5,7-10,12,15H,1,6,11H2,2-4H3/t12-,15-/m0/s1. The van der Waals surface area contributed by atoms with Crippen molar-refractivity contribution in [1.82, 2.24) is 4.31 Å². The molecule has 0 bridgehead atoms. The van der Waals surface area contributed by atoms with Gasteiger partial charge in [0.1, 0.15) is 6.04 Å². The molecule has 138 valence electrons. The zero-order valence-corrected chi connectivity index (χ0v) is 15.2. The van der Waals surface area contributed by atoms with Crippen molar-refractivity contribution in [3.8, 4) is 0 Å². The molecule has 0 aliphatic heterocycles. The minimum atomic E-state index is -4.08. The van der Waals surface area contributed by atoms with E-state index < -0.39 is 27.0 Å². The van der Waals surface area contributed by atoms with Gasteiger partial charge in [0.15, 0.2) is 0 Å². The monoisotopic (exact) mass is 370 g/mol. The molecular weight excluding hydrogens is 348 g/mol. The number of nitrogens with zero attached hydrogens (tertiary/aromatic N) is 2. The predicted molar refractivity (Wildman–Crippen MR) is 92.4 cm³/mol. The summed E-state index contributed by atoms with van der Waals surface area (Å²) in [5.41, 5.74) is -0.222. The van der Waals surface area contributed by atoms with Gasteiger partial charge in [-0.3, -0.25) is 14.9 Å². The quantitative estimate of drug-likeness (QED) is 0.286. The Balaban J connectivity index is 3.40. The van der Waals surface area contributed by atoms with Gasteiger partial charge in [-0.25, -0.2) is 8.42 Å². The number of ether oxygens (including phenoxy) is 1. The lowest BCUT2D eigenvalue weighted by atomic mass is 9.99. The Labute approximate surface area is 147 Å². The molecule has 8 nitrogen and oxygen atoms in total. The van der Waals surface area contributed by atoms with Crippen LogP contribution >= 0.6 is 0 Å². The summed E-state index contributed by atoms with van der Waals surface area (Å²) < 4.78 is 31.8. The molecule has 0 radical (unpaired) electrons. The van der Waals surface area contributed by atoms with Crippen LogP contribution in [0.1, 0.15) is 20.3 Å². The third kappa shape index (κ3) is 4.64. The fourth-order valence-electron chi connectivity index (χ4n) is 2.34. The molecular formula is C16H22N2O6S. The second-order valence-electron chi connectivity index (χ2n) is 5.47. The largest absolute Gasteiger partial charge is 0.468 e. The number of nitro groups is 1. The van der Waals surface area contributed by atoms with Gasteiger partial charge in [-0.05, 0) is 18.1 Å². The van der Waals surface area contributed by atoms with Gasteiger partial charge in [-0.2, -0.15) is 4.31 Å². The molecule has 0 N–H and O–H groups in total. The molecule has 0 aliphatic carbocycles. The molecule has 0 aromatic heterocycles. The number of rotatable bonds is 9. The summed E-state index contributed by atoms with van der Waals surface area (Å²) in [6, 6.07) is 3.49. The summed E-state index contributed by atoms with van der Waals surface area (Å²) in [6.07, 6.45) is 1.93. The maximum Gasteiger partial charge on any atom is 0.324 e. The average Bonchev–Trinajstić information content (AvgIpc) is 2.60. The molecule has 0 saturated heterocycles. The van der Waals surface area contributed by atoms with E-state index in [0.717, 1.165) is 28.6 Å². The number of esters is 1. The Bertz CT molecular complexity index is 729. The third-order valence-electron chi connectivity index (χ3n) is 3.90. The van der Waals surface area contributed by atoms with Gasteiger partial charge in [-0.15, -0.1) is 6.58 Å². The fourth-order valence-corrected chi connectivity index (χ4v) is 3.99. The van der Waals surface area contributed by atoms with E-state index in [0.29, 0.717) is 6.42 Å². The number of nitro benzene ring substituents is 1. The van der Waals surface area contributed by atoms with E-state index in [1.807, 2.05) is 6.92 Å². The normalized spacial score (nSPS) is 13.9. The Morgan fingerprint density at radius 3 is 2.36 bits per heavy atom. The number of benzene rings is 1. The summed E-state index contributed by atoms with van der Waals surface area (Å²) in [7, 11) is -2.88. The molecule has 0 fully saturated rings. The molecule has 9 heteroatoms. The first-order valence-corrected chi connectivity index (χ1v) is 9.09. The highest BCUT2D eigenvalue weighted by Gasteiger charge is 2.38. The zero-order valence-electron chi connectivity index (χ0n) is 14.4. The van der Waals surface area contributed by atoms with Gasteiger partial charge >= 0.3 is 5.97 Å². The molecule has 1 rings (SSSR count). The maximum absolute atomic E-state index is 13.0. The van der Waals surface area contributed by atoms with Crippen LogP contribution in [-0.4, -0.2) is 43.3 Å². The average molecular weight is 370 g/mol. The molecule has 0 saturated carbocycles. The van der Waals surface area contributed by atoms with Crippen molar-refractivity contribution in [2.45, 2.75) is 31.2 Å². The van der Waals surface area contributed by atoms with Crippen LogP contribution in [0.5, 0.6) is 0 Å². The smallest absolute Gasteiger partial charge is 0.324 e. The van der Waals surface area contributed by atoms with Gasteiger partial charge < -0.3 is 4.74 Å². The van der Waals surface area contributed by atoms with E-state index in [9.17, 15) is 23.3 Å². The topological polar surface area (TPSA) is 107 Å². The van der Waals surface area contributed by atoms with E-state index in [1.54, 1.807) is 6.92 Å². The number of methoxy groups -OCH3 is 1. The van der Waals surface area contributed by atoms with Crippen LogP contribution in [0.25, 0.3) is 0 Å². The second kappa shape index (κ2) is 8.72. The van der Waals surface area contributed by atoms with Gasteiger partial charge in [-0.1, -0.05) is 26.3 Å². The highest BCUT2D eigenvalue weighted by atomic mass is 32.2. The van der Waals surface area contributed by atoms with Crippen LogP contribution in [0.2, 0.25) is 0 Å². The van der Waals surface area contributed by atoms with Crippen molar-refractivity contribution >= 4 is 21.7 Å². The number of carbonyl (C=O) groups is 1. The predicted octanol–water partition coefficient (Wildman–Crippen LogP) is 2.36. The van der Waals surface area contributed by atoms with Crippen LogP contribution in [0.4, 0.5) is 5.69 Å². The van der Waals surface area contributed by atoms with Crippen molar-refractivity contribution in [3.63, 3.8) is 0 Å². The van der Waals surface area contributed by atoms with Crippen LogP contribution in [0, 0.1) is 16.0 Å². The summed E-state index contributed by atoms with van der Waals surface area (Å²) in [6.45, 7) is 7.05.